The highest BCUT2D eigenvalue weighted by molar-refractivity contribution is 6.30. The van der Waals surface area contributed by atoms with Crippen molar-refractivity contribution in [3.8, 4) is 5.82 Å². The molecule has 0 spiro atoms. The lowest BCUT2D eigenvalue weighted by molar-refractivity contribution is 0.649. The maximum absolute atomic E-state index is 6.15. The molecule has 0 amide bonds. The van der Waals surface area contributed by atoms with Crippen LogP contribution in [-0.4, -0.2) is 46.4 Å². The fourth-order valence-electron chi connectivity index (χ4n) is 3.56. The standard InChI is InChI=1S/C22H26ClN7/c1-2-24-22(26-15-17-7-10-25-21(13-17)30-11-4-9-27-30)28-19-8-12-29(16-19)20-6-3-5-18(23)14-20/h3-7,9-11,13-14,19H,2,8,12,15-16H2,1H3,(H2,24,26,28). The van der Waals surface area contributed by atoms with Gasteiger partial charge < -0.3 is 15.5 Å². The van der Waals surface area contributed by atoms with Crippen molar-refractivity contribution in [3.05, 3.63) is 71.6 Å². The summed E-state index contributed by atoms with van der Waals surface area (Å²) in [6.07, 6.45) is 6.47. The highest BCUT2D eigenvalue weighted by Crippen LogP contribution is 2.23. The number of guanidine groups is 1. The molecule has 4 rings (SSSR count). The maximum atomic E-state index is 6.15. The lowest BCUT2D eigenvalue weighted by Crippen LogP contribution is -2.44. The first kappa shape index (κ1) is 20.2. The number of aliphatic imine (C=N–C) groups is 1. The van der Waals surface area contributed by atoms with Gasteiger partial charge >= 0.3 is 0 Å². The quantitative estimate of drug-likeness (QED) is 0.470. The van der Waals surface area contributed by atoms with Gasteiger partial charge in [-0.05, 0) is 55.3 Å². The number of nitrogens with zero attached hydrogens (tertiary/aromatic N) is 5. The third kappa shape index (κ3) is 5.10. The first-order chi connectivity index (χ1) is 14.7. The predicted octanol–water partition coefficient (Wildman–Crippen LogP) is 3.25. The van der Waals surface area contributed by atoms with Gasteiger partial charge in [-0.15, -0.1) is 0 Å². The predicted molar refractivity (Wildman–Crippen MR) is 121 cm³/mol. The second-order valence-corrected chi connectivity index (χ2v) is 7.66. The van der Waals surface area contributed by atoms with Crippen molar-refractivity contribution in [3.63, 3.8) is 0 Å². The van der Waals surface area contributed by atoms with E-state index >= 15 is 0 Å². The molecule has 1 fully saturated rings. The molecule has 1 aliphatic heterocycles. The maximum Gasteiger partial charge on any atom is 0.191 e. The van der Waals surface area contributed by atoms with E-state index in [4.69, 9.17) is 16.6 Å². The lowest BCUT2D eigenvalue weighted by atomic mass is 10.2. The van der Waals surface area contributed by atoms with Crippen molar-refractivity contribution < 1.29 is 0 Å². The molecule has 3 aromatic rings. The first-order valence-corrected chi connectivity index (χ1v) is 10.6. The molecule has 0 aliphatic carbocycles. The summed E-state index contributed by atoms with van der Waals surface area (Å²) in [5.41, 5.74) is 2.25. The molecule has 1 saturated heterocycles. The molecule has 3 heterocycles. The number of pyridine rings is 1. The van der Waals surface area contributed by atoms with Gasteiger partial charge in [-0.1, -0.05) is 17.7 Å². The smallest absolute Gasteiger partial charge is 0.191 e. The SMILES string of the molecule is CCNC(=NCc1ccnc(-n2cccn2)c1)NC1CCN(c2cccc(Cl)c2)C1. The third-order valence-corrected chi connectivity index (χ3v) is 5.25. The van der Waals surface area contributed by atoms with Gasteiger partial charge in [-0.25, -0.2) is 14.7 Å². The van der Waals surface area contributed by atoms with Gasteiger partial charge in [0, 0.05) is 55.0 Å². The van der Waals surface area contributed by atoms with E-state index in [1.54, 1.807) is 17.1 Å². The van der Waals surface area contributed by atoms with E-state index in [1.165, 1.54) is 0 Å². The number of hydrogen-bond acceptors (Lipinski definition) is 4. The van der Waals surface area contributed by atoms with E-state index in [9.17, 15) is 0 Å². The number of halogens is 1. The highest BCUT2D eigenvalue weighted by atomic mass is 35.5. The summed E-state index contributed by atoms with van der Waals surface area (Å²) < 4.78 is 1.75. The van der Waals surface area contributed by atoms with Crippen LogP contribution in [0, 0.1) is 0 Å². The number of rotatable bonds is 6. The second kappa shape index (κ2) is 9.63. The van der Waals surface area contributed by atoms with Crippen molar-refractivity contribution in [2.24, 2.45) is 4.99 Å². The fraction of sp³-hybridized carbons (Fsp3) is 0.318. The van der Waals surface area contributed by atoms with Crippen LogP contribution in [0.5, 0.6) is 0 Å². The third-order valence-electron chi connectivity index (χ3n) is 5.02. The van der Waals surface area contributed by atoms with E-state index in [0.717, 1.165) is 54.1 Å². The normalized spacial score (nSPS) is 16.7. The number of benzene rings is 1. The van der Waals surface area contributed by atoms with Gasteiger partial charge in [0.25, 0.3) is 0 Å². The van der Waals surface area contributed by atoms with E-state index < -0.39 is 0 Å². The van der Waals surface area contributed by atoms with E-state index in [1.807, 2.05) is 42.6 Å². The van der Waals surface area contributed by atoms with Crippen molar-refractivity contribution in [2.75, 3.05) is 24.5 Å². The van der Waals surface area contributed by atoms with Gasteiger partial charge in [0.05, 0.1) is 6.54 Å². The monoisotopic (exact) mass is 423 g/mol. The van der Waals surface area contributed by atoms with Crippen molar-refractivity contribution in [1.29, 1.82) is 0 Å². The van der Waals surface area contributed by atoms with Crippen molar-refractivity contribution in [1.82, 2.24) is 25.4 Å². The fourth-order valence-corrected chi connectivity index (χ4v) is 3.74. The molecular weight excluding hydrogens is 398 g/mol. The number of aromatic nitrogens is 3. The number of anilines is 1. The minimum absolute atomic E-state index is 0.332. The highest BCUT2D eigenvalue weighted by Gasteiger charge is 2.23. The zero-order valence-corrected chi connectivity index (χ0v) is 17.8. The number of hydrogen-bond donors (Lipinski definition) is 2. The molecule has 2 aromatic heterocycles. The van der Waals surface area contributed by atoms with Crippen LogP contribution in [0.25, 0.3) is 5.82 Å². The van der Waals surface area contributed by atoms with Crippen LogP contribution in [0.3, 0.4) is 0 Å². The van der Waals surface area contributed by atoms with E-state index in [0.29, 0.717) is 12.6 Å². The Kier molecular flexibility index (Phi) is 6.49. The van der Waals surface area contributed by atoms with Gasteiger partial charge in [0.15, 0.2) is 11.8 Å². The van der Waals surface area contributed by atoms with Crippen LogP contribution in [0.4, 0.5) is 5.69 Å². The summed E-state index contributed by atoms with van der Waals surface area (Å²) in [6, 6.07) is 14.2. The minimum atomic E-state index is 0.332. The molecule has 1 unspecified atom stereocenters. The van der Waals surface area contributed by atoms with Crippen LogP contribution in [0.2, 0.25) is 5.02 Å². The molecule has 7 nitrogen and oxygen atoms in total. The molecular formula is C22H26ClN7. The molecule has 0 bridgehead atoms. The van der Waals surface area contributed by atoms with Crippen LogP contribution < -0.4 is 15.5 Å². The summed E-state index contributed by atoms with van der Waals surface area (Å²) >= 11 is 6.15. The summed E-state index contributed by atoms with van der Waals surface area (Å²) in [7, 11) is 0. The van der Waals surface area contributed by atoms with Crippen molar-refractivity contribution >= 4 is 23.2 Å². The van der Waals surface area contributed by atoms with Crippen LogP contribution in [0.15, 0.2) is 66.0 Å². The molecule has 0 saturated carbocycles. The van der Waals surface area contributed by atoms with E-state index in [-0.39, 0.29) is 0 Å². The average Bonchev–Trinajstić information content (AvgIpc) is 3.45. The van der Waals surface area contributed by atoms with E-state index in [2.05, 4.69) is 38.6 Å². The molecule has 1 aromatic carbocycles. The Bertz CT molecular complexity index is 987. The molecule has 0 radical (unpaired) electrons. The van der Waals surface area contributed by atoms with Crippen LogP contribution in [-0.2, 0) is 6.54 Å². The number of nitrogens with one attached hydrogen (secondary N) is 2. The van der Waals surface area contributed by atoms with Gasteiger partial charge in [0.2, 0.25) is 0 Å². The Morgan fingerprint density at radius 1 is 1.23 bits per heavy atom. The Balaban J connectivity index is 1.39. The summed E-state index contributed by atoms with van der Waals surface area (Å²) in [6.45, 7) is 5.37. The molecule has 1 atom stereocenters. The largest absolute Gasteiger partial charge is 0.369 e. The molecule has 1 aliphatic rings. The topological polar surface area (TPSA) is 70.4 Å². The molecule has 30 heavy (non-hydrogen) atoms. The molecule has 2 N–H and O–H groups in total. The van der Waals surface area contributed by atoms with Gasteiger partial charge in [-0.2, -0.15) is 5.10 Å². The first-order valence-electron chi connectivity index (χ1n) is 10.2. The van der Waals surface area contributed by atoms with Crippen LogP contribution >= 0.6 is 11.6 Å². The Labute approximate surface area is 181 Å². The van der Waals surface area contributed by atoms with Gasteiger partial charge in [0.1, 0.15) is 0 Å². The Morgan fingerprint density at radius 2 is 2.17 bits per heavy atom. The zero-order valence-electron chi connectivity index (χ0n) is 17.0. The summed E-state index contributed by atoms with van der Waals surface area (Å²) in [5.74, 6) is 1.62. The van der Waals surface area contributed by atoms with Crippen LogP contribution in [0.1, 0.15) is 18.9 Å². The van der Waals surface area contributed by atoms with Gasteiger partial charge in [-0.3, -0.25) is 0 Å². The molecule has 8 heteroatoms. The lowest BCUT2D eigenvalue weighted by Gasteiger charge is -2.20. The Morgan fingerprint density at radius 3 is 2.97 bits per heavy atom. The Hall–Kier alpha value is -3.06. The molecule has 156 valence electrons. The zero-order chi connectivity index (χ0) is 20.8. The summed E-state index contributed by atoms with van der Waals surface area (Å²) in [5, 5.41) is 11.9. The average molecular weight is 424 g/mol. The minimum Gasteiger partial charge on any atom is -0.369 e. The second-order valence-electron chi connectivity index (χ2n) is 7.22. The van der Waals surface area contributed by atoms with Crippen molar-refractivity contribution in [2.45, 2.75) is 25.9 Å². The summed E-state index contributed by atoms with van der Waals surface area (Å²) in [4.78, 5) is 11.5.